The summed E-state index contributed by atoms with van der Waals surface area (Å²) in [6.45, 7) is 1.91. The molecular formula is C22H25N3O3. The van der Waals surface area contributed by atoms with Gasteiger partial charge in [-0.3, -0.25) is 0 Å². The fourth-order valence-corrected chi connectivity index (χ4v) is 4.61. The molecule has 6 nitrogen and oxygen atoms in total. The molecule has 5 rings (SSSR count). The van der Waals surface area contributed by atoms with Crippen LogP contribution in [0.15, 0.2) is 47.6 Å². The third kappa shape index (κ3) is 2.55. The molecule has 28 heavy (non-hydrogen) atoms. The largest absolute Gasteiger partial charge is 0.507 e. The monoisotopic (exact) mass is 379 g/mol. The molecular weight excluding hydrogens is 354 g/mol. The molecule has 1 atom stereocenters. The second-order valence-electron chi connectivity index (χ2n) is 7.86. The lowest BCUT2D eigenvalue weighted by molar-refractivity contribution is -0.148. The Morgan fingerprint density at radius 1 is 1.14 bits per heavy atom. The van der Waals surface area contributed by atoms with Crippen LogP contribution in [0.4, 0.5) is 0 Å². The van der Waals surface area contributed by atoms with Gasteiger partial charge in [0.1, 0.15) is 5.75 Å². The lowest BCUT2D eigenvalue weighted by atomic mass is 9.90. The minimum Gasteiger partial charge on any atom is -0.507 e. The van der Waals surface area contributed by atoms with E-state index in [-0.39, 0.29) is 11.8 Å². The van der Waals surface area contributed by atoms with Gasteiger partial charge >= 0.3 is 0 Å². The maximum absolute atomic E-state index is 10.4. The van der Waals surface area contributed by atoms with Gasteiger partial charge in [0, 0.05) is 43.5 Å². The van der Waals surface area contributed by atoms with E-state index < -0.39 is 5.72 Å². The molecule has 0 saturated carbocycles. The number of aromatic hydroxyl groups is 1. The topological polar surface area (TPSA) is 57.5 Å². The van der Waals surface area contributed by atoms with Crippen molar-refractivity contribution in [2.75, 3.05) is 27.2 Å². The number of phenolic OH excluding ortho intramolecular Hbond substituents is 1. The SMILES string of the molecule is COc1cccc2c1OC1(CCN(C)CC1)N1N=C(c3ccccc3O)C[C@H]21. The van der Waals surface area contributed by atoms with E-state index >= 15 is 0 Å². The number of hydrogen-bond acceptors (Lipinski definition) is 6. The first-order valence-corrected chi connectivity index (χ1v) is 9.81. The predicted octanol–water partition coefficient (Wildman–Crippen LogP) is 3.37. The van der Waals surface area contributed by atoms with Crippen molar-refractivity contribution in [3.63, 3.8) is 0 Å². The summed E-state index contributed by atoms with van der Waals surface area (Å²) in [7, 11) is 3.83. The third-order valence-electron chi connectivity index (χ3n) is 6.19. The summed E-state index contributed by atoms with van der Waals surface area (Å²) >= 11 is 0. The molecule has 6 heteroatoms. The number of ether oxygens (including phenoxy) is 2. The maximum Gasteiger partial charge on any atom is 0.200 e. The van der Waals surface area contributed by atoms with Gasteiger partial charge in [-0.2, -0.15) is 5.10 Å². The molecule has 3 aliphatic rings. The van der Waals surface area contributed by atoms with Crippen molar-refractivity contribution in [2.45, 2.75) is 31.0 Å². The van der Waals surface area contributed by atoms with E-state index in [2.05, 4.69) is 23.0 Å². The van der Waals surface area contributed by atoms with Gasteiger partial charge in [0.05, 0.1) is 18.9 Å². The summed E-state index contributed by atoms with van der Waals surface area (Å²) in [4.78, 5) is 2.32. The first-order chi connectivity index (χ1) is 13.6. The average Bonchev–Trinajstić information content (AvgIpc) is 3.17. The van der Waals surface area contributed by atoms with Gasteiger partial charge in [-0.05, 0) is 25.2 Å². The highest BCUT2D eigenvalue weighted by Gasteiger charge is 2.52. The van der Waals surface area contributed by atoms with Crippen LogP contribution in [-0.2, 0) is 0 Å². The Morgan fingerprint density at radius 2 is 1.93 bits per heavy atom. The Kier molecular flexibility index (Phi) is 3.98. The summed E-state index contributed by atoms with van der Waals surface area (Å²) in [6, 6.07) is 13.6. The van der Waals surface area contributed by atoms with Gasteiger partial charge in [0.15, 0.2) is 11.5 Å². The van der Waals surface area contributed by atoms with Crippen LogP contribution in [0.25, 0.3) is 0 Å². The second kappa shape index (κ2) is 6.41. The van der Waals surface area contributed by atoms with Gasteiger partial charge in [-0.15, -0.1) is 0 Å². The molecule has 146 valence electrons. The summed E-state index contributed by atoms with van der Waals surface area (Å²) in [5.41, 5.74) is 2.31. The lowest BCUT2D eigenvalue weighted by Crippen LogP contribution is -2.58. The van der Waals surface area contributed by atoms with Crippen molar-refractivity contribution in [1.82, 2.24) is 9.91 Å². The van der Waals surface area contributed by atoms with Crippen molar-refractivity contribution in [2.24, 2.45) is 5.10 Å². The number of rotatable bonds is 2. The molecule has 1 saturated heterocycles. The molecule has 2 aromatic carbocycles. The van der Waals surface area contributed by atoms with E-state index in [4.69, 9.17) is 14.6 Å². The van der Waals surface area contributed by atoms with E-state index in [1.165, 1.54) is 0 Å². The normalized spacial score (nSPS) is 23.0. The number of hydrogen-bond donors (Lipinski definition) is 1. The molecule has 3 aliphatic heterocycles. The molecule has 1 spiro atoms. The van der Waals surface area contributed by atoms with Crippen molar-refractivity contribution in [3.05, 3.63) is 53.6 Å². The van der Waals surface area contributed by atoms with Crippen molar-refractivity contribution in [1.29, 1.82) is 0 Å². The quantitative estimate of drug-likeness (QED) is 0.867. The zero-order chi connectivity index (χ0) is 19.3. The van der Waals surface area contributed by atoms with E-state index in [0.717, 1.165) is 60.7 Å². The van der Waals surface area contributed by atoms with Gasteiger partial charge in [-0.25, -0.2) is 5.01 Å². The van der Waals surface area contributed by atoms with Gasteiger partial charge in [0.2, 0.25) is 5.72 Å². The highest BCUT2D eigenvalue weighted by Crippen LogP contribution is 2.52. The minimum absolute atomic E-state index is 0.0804. The fraction of sp³-hybridized carbons (Fsp3) is 0.409. The van der Waals surface area contributed by atoms with Crippen LogP contribution >= 0.6 is 0 Å². The molecule has 0 amide bonds. The zero-order valence-electron chi connectivity index (χ0n) is 16.3. The molecule has 1 fully saturated rings. The Hall–Kier alpha value is -2.73. The van der Waals surface area contributed by atoms with Crippen molar-refractivity contribution < 1.29 is 14.6 Å². The standard InChI is InChI=1S/C22H25N3O3/c1-24-12-10-22(11-13-24)25-18(16-7-5-9-20(27-2)21(16)28-22)14-17(23-25)15-6-3-4-8-19(15)26/h3-9,18,26H,10-14H2,1-2H3/t18-/m1/s1. The molecule has 0 radical (unpaired) electrons. The van der Waals surface area contributed by atoms with E-state index in [9.17, 15) is 5.11 Å². The number of nitrogens with zero attached hydrogens (tertiary/aromatic N) is 3. The van der Waals surface area contributed by atoms with Crippen LogP contribution in [0.2, 0.25) is 0 Å². The highest BCUT2D eigenvalue weighted by molar-refractivity contribution is 6.04. The number of methoxy groups -OCH3 is 1. The Morgan fingerprint density at radius 3 is 2.68 bits per heavy atom. The van der Waals surface area contributed by atoms with Crippen LogP contribution in [0.1, 0.15) is 36.4 Å². The summed E-state index contributed by atoms with van der Waals surface area (Å²) in [5.74, 6) is 1.88. The molecule has 0 unspecified atom stereocenters. The average molecular weight is 379 g/mol. The number of hydrazone groups is 1. The number of phenols is 1. The number of likely N-dealkylation sites (tertiary alicyclic amines) is 1. The molecule has 3 heterocycles. The molecule has 0 aliphatic carbocycles. The van der Waals surface area contributed by atoms with Crippen LogP contribution in [0.3, 0.4) is 0 Å². The highest BCUT2D eigenvalue weighted by atomic mass is 16.5. The fourth-order valence-electron chi connectivity index (χ4n) is 4.61. The number of piperidine rings is 1. The smallest absolute Gasteiger partial charge is 0.200 e. The van der Waals surface area contributed by atoms with Crippen LogP contribution in [0, 0.1) is 0 Å². The summed E-state index contributed by atoms with van der Waals surface area (Å²) in [5, 5.41) is 17.5. The maximum atomic E-state index is 10.4. The number of para-hydroxylation sites is 2. The Labute approximate surface area is 165 Å². The van der Waals surface area contributed by atoms with Gasteiger partial charge in [0.25, 0.3) is 0 Å². The Bertz CT molecular complexity index is 934. The third-order valence-corrected chi connectivity index (χ3v) is 6.19. The van der Waals surface area contributed by atoms with Crippen LogP contribution < -0.4 is 9.47 Å². The first-order valence-electron chi connectivity index (χ1n) is 9.81. The van der Waals surface area contributed by atoms with Crippen LogP contribution in [-0.4, -0.2) is 53.7 Å². The zero-order valence-corrected chi connectivity index (χ0v) is 16.3. The first kappa shape index (κ1) is 17.4. The number of fused-ring (bicyclic) bond motifs is 4. The van der Waals surface area contributed by atoms with E-state index in [0.29, 0.717) is 0 Å². The molecule has 1 N–H and O–H groups in total. The molecule has 0 bridgehead atoms. The predicted molar refractivity (Wildman–Crippen MR) is 107 cm³/mol. The molecule has 0 aromatic heterocycles. The second-order valence-corrected chi connectivity index (χ2v) is 7.86. The van der Waals surface area contributed by atoms with Gasteiger partial charge in [-0.1, -0.05) is 24.3 Å². The number of benzene rings is 2. The lowest BCUT2D eigenvalue weighted by Gasteiger charge is -2.50. The molecule has 2 aromatic rings. The summed E-state index contributed by atoms with van der Waals surface area (Å²) in [6.07, 6.45) is 2.47. The van der Waals surface area contributed by atoms with Crippen molar-refractivity contribution >= 4 is 5.71 Å². The van der Waals surface area contributed by atoms with E-state index in [1.807, 2.05) is 30.3 Å². The van der Waals surface area contributed by atoms with Gasteiger partial charge < -0.3 is 19.5 Å². The van der Waals surface area contributed by atoms with E-state index in [1.54, 1.807) is 13.2 Å². The summed E-state index contributed by atoms with van der Waals surface area (Å²) < 4.78 is 12.3. The van der Waals surface area contributed by atoms with Crippen molar-refractivity contribution in [3.8, 4) is 17.2 Å². The van der Waals surface area contributed by atoms with Crippen LogP contribution in [0.5, 0.6) is 17.2 Å². The Balaban J connectivity index is 1.62. The minimum atomic E-state index is -0.481.